The largest absolute Gasteiger partial charge is 0.488 e. The van der Waals surface area contributed by atoms with Crippen molar-refractivity contribution >= 4 is 11.8 Å². The number of amides is 1. The number of carbonyl (C=O) groups excluding carboxylic acids is 1. The minimum Gasteiger partial charge on any atom is -0.488 e. The Bertz CT molecular complexity index is 944. The van der Waals surface area contributed by atoms with Crippen LogP contribution < -0.4 is 26.2 Å². The van der Waals surface area contributed by atoms with Gasteiger partial charge < -0.3 is 34.3 Å². The van der Waals surface area contributed by atoms with Gasteiger partial charge in [0.1, 0.15) is 5.69 Å². The van der Waals surface area contributed by atoms with Gasteiger partial charge in [0.05, 0.1) is 39.6 Å². The van der Waals surface area contributed by atoms with Crippen molar-refractivity contribution < 1.29 is 28.5 Å². The maximum absolute atomic E-state index is 11.9. The van der Waals surface area contributed by atoms with Crippen molar-refractivity contribution in [3.8, 4) is 17.6 Å². The third kappa shape index (κ3) is 9.65. The fourth-order valence-corrected chi connectivity index (χ4v) is 4.61. The van der Waals surface area contributed by atoms with Gasteiger partial charge in [-0.15, -0.1) is 11.8 Å². The number of carbonyl (C=O) groups is 1. The van der Waals surface area contributed by atoms with Gasteiger partial charge in [0.15, 0.2) is 5.75 Å². The Kier molecular flexibility index (Phi) is 12.7. The summed E-state index contributed by atoms with van der Waals surface area (Å²) in [7, 11) is 0. The van der Waals surface area contributed by atoms with Gasteiger partial charge in [0.2, 0.25) is 0 Å². The standard InChI is InChI=1S/C27H40N2O8/c1-2-36-26-23(24(30)25(26)31)28-11-7-13-33-15-17-35-18-16-34-14-8-12-29-27(32)37-19-22-20-9-5-3-4-6-10-21(20)22/h20-22,28H,2,5-19H2,1H3,(H,29,32)/t20-,21+,22?. The average molecular weight is 521 g/mol. The highest BCUT2D eigenvalue weighted by Crippen LogP contribution is 2.52. The predicted octanol–water partition coefficient (Wildman–Crippen LogP) is 2.09. The van der Waals surface area contributed by atoms with Crippen LogP contribution in [0.4, 0.5) is 10.5 Å². The number of anilines is 1. The molecule has 1 aromatic carbocycles. The van der Waals surface area contributed by atoms with Crippen LogP contribution in [0.3, 0.4) is 0 Å². The fraction of sp³-hybridized carbons (Fsp3) is 0.741. The smallest absolute Gasteiger partial charge is 0.407 e. The molecule has 1 unspecified atom stereocenters. The van der Waals surface area contributed by atoms with Gasteiger partial charge in [0, 0.05) is 39.1 Å². The van der Waals surface area contributed by atoms with E-state index >= 15 is 0 Å². The minimum absolute atomic E-state index is 0.130. The van der Waals surface area contributed by atoms with Crippen molar-refractivity contribution in [3.63, 3.8) is 0 Å². The number of ether oxygens (including phenoxy) is 5. The maximum Gasteiger partial charge on any atom is 0.407 e. The number of rotatable bonds is 19. The summed E-state index contributed by atoms with van der Waals surface area (Å²) in [5.41, 5.74) is -0.832. The van der Waals surface area contributed by atoms with Crippen LogP contribution in [0.5, 0.6) is 5.75 Å². The molecule has 3 rings (SSSR count). The second kappa shape index (κ2) is 16.3. The molecular weight excluding hydrogens is 480 g/mol. The molecule has 206 valence electrons. The molecule has 0 aromatic heterocycles. The van der Waals surface area contributed by atoms with Crippen LogP contribution in [-0.2, 0) is 18.9 Å². The van der Waals surface area contributed by atoms with Crippen molar-refractivity contribution in [2.24, 2.45) is 17.8 Å². The highest BCUT2D eigenvalue weighted by molar-refractivity contribution is 5.67. The molecule has 1 saturated carbocycles. The lowest BCUT2D eigenvalue weighted by molar-refractivity contribution is 0.0141. The Balaban J connectivity index is 1.04. The summed E-state index contributed by atoms with van der Waals surface area (Å²) in [5, 5.41) is 5.71. The average Bonchev–Trinajstić information content (AvgIpc) is 3.54. The van der Waals surface area contributed by atoms with Crippen molar-refractivity contribution in [3.05, 3.63) is 20.4 Å². The van der Waals surface area contributed by atoms with E-state index in [1.54, 1.807) is 6.92 Å². The zero-order valence-electron chi connectivity index (χ0n) is 21.8. The van der Waals surface area contributed by atoms with Crippen molar-refractivity contribution in [2.45, 2.75) is 45.4 Å². The monoisotopic (exact) mass is 520 g/mol. The van der Waals surface area contributed by atoms with Crippen LogP contribution in [0.2, 0.25) is 0 Å². The van der Waals surface area contributed by atoms with Crippen molar-refractivity contribution in [1.82, 2.24) is 5.32 Å². The first-order valence-corrected chi connectivity index (χ1v) is 13.4. The summed E-state index contributed by atoms with van der Waals surface area (Å²) in [4.78, 5) is 34.8. The van der Waals surface area contributed by atoms with Crippen LogP contribution in [0.1, 0.15) is 45.4 Å². The molecular formula is C27H40N2O8. The van der Waals surface area contributed by atoms with Gasteiger partial charge in [-0.2, -0.15) is 0 Å². The van der Waals surface area contributed by atoms with Gasteiger partial charge in [-0.1, -0.05) is 0 Å². The SMILES string of the molecule is CCOc1c(NCCCOCCOCCOCCCNC(=O)OCC2[C@H]3CCC#CCC[C@@H]23)c(=O)c1=O. The van der Waals surface area contributed by atoms with Crippen LogP contribution in [0, 0.1) is 29.6 Å². The highest BCUT2D eigenvalue weighted by atomic mass is 16.6. The van der Waals surface area contributed by atoms with Crippen molar-refractivity contribution in [1.29, 1.82) is 0 Å². The van der Waals surface area contributed by atoms with E-state index in [0.29, 0.717) is 96.5 Å². The predicted molar refractivity (Wildman–Crippen MR) is 139 cm³/mol. The number of hydrogen-bond donors (Lipinski definition) is 2. The van der Waals surface area contributed by atoms with Gasteiger partial charge >= 0.3 is 6.09 Å². The van der Waals surface area contributed by atoms with E-state index in [4.69, 9.17) is 23.7 Å². The molecule has 1 amide bonds. The van der Waals surface area contributed by atoms with Crippen LogP contribution in [0.15, 0.2) is 9.59 Å². The molecule has 0 heterocycles. The first kappa shape index (κ1) is 29.0. The lowest BCUT2D eigenvalue weighted by atomic mass is 10.1. The van der Waals surface area contributed by atoms with E-state index in [2.05, 4.69) is 22.5 Å². The lowest BCUT2D eigenvalue weighted by Gasteiger charge is -2.13. The van der Waals surface area contributed by atoms with E-state index in [0.717, 1.165) is 25.7 Å². The second-order valence-electron chi connectivity index (χ2n) is 9.21. The van der Waals surface area contributed by atoms with Gasteiger partial charge in [0.25, 0.3) is 10.9 Å². The van der Waals surface area contributed by atoms with Gasteiger partial charge in [-0.25, -0.2) is 4.79 Å². The summed E-state index contributed by atoms with van der Waals surface area (Å²) in [6.07, 6.45) is 5.23. The molecule has 10 heteroatoms. The van der Waals surface area contributed by atoms with Crippen LogP contribution in [-0.4, -0.2) is 72.0 Å². The van der Waals surface area contributed by atoms with Crippen molar-refractivity contribution in [2.75, 3.05) is 71.3 Å². The molecule has 2 aliphatic rings. The molecule has 1 aromatic rings. The summed E-state index contributed by atoms with van der Waals surface area (Å²) in [5.74, 6) is 8.38. The Morgan fingerprint density at radius 2 is 1.46 bits per heavy atom. The molecule has 3 atom stereocenters. The summed E-state index contributed by atoms with van der Waals surface area (Å²) in [6, 6.07) is 0. The Morgan fingerprint density at radius 1 is 0.865 bits per heavy atom. The first-order chi connectivity index (χ1) is 18.1. The second-order valence-corrected chi connectivity index (χ2v) is 9.21. The first-order valence-electron chi connectivity index (χ1n) is 13.4. The van der Waals surface area contributed by atoms with E-state index in [-0.39, 0.29) is 17.5 Å². The molecule has 0 bridgehead atoms. The maximum atomic E-state index is 11.9. The van der Waals surface area contributed by atoms with Crippen LogP contribution >= 0.6 is 0 Å². The summed E-state index contributed by atoms with van der Waals surface area (Å²) in [6.45, 7) is 6.58. The lowest BCUT2D eigenvalue weighted by Crippen LogP contribution is -2.36. The number of nitrogens with one attached hydrogen (secondary N) is 2. The Morgan fingerprint density at radius 3 is 2.08 bits per heavy atom. The molecule has 0 radical (unpaired) electrons. The minimum atomic E-state index is -0.568. The van der Waals surface area contributed by atoms with E-state index < -0.39 is 10.9 Å². The molecule has 2 N–H and O–H groups in total. The van der Waals surface area contributed by atoms with Gasteiger partial charge in [-0.3, -0.25) is 9.59 Å². The van der Waals surface area contributed by atoms with E-state index in [9.17, 15) is 14.4 Å². The molecule has 1 fully saturated rings. The molecule has 0 aliphatic heterocycles. The zero-order valence-corrected chi connectivity index (χ0v) is 21.8. The van der Waals surface area contributed by atoms with E-state index in [1.165, 1.54) is 0 Å². The van der Waals surface area contributed by atoms with Crippen LogP contribution in [0.25, 0.3) is 0 Å². The molecule has 37 heavy (non-hydrogen) atoms. The molecule has 10 nitrogen and oxygen atoms in total. The Labute approximate surface area is 218 Å². The fourth-order valence-electron chi connectivity index (χ4n) is 4.61. The Hall–Kier alpha value is -2.61. The van der Waals surface area contributed by atoms with E-state index in [1.807, 2.05) is 0 Å². The number of alkyl carbamates (subject to hydrolysis) is 1. The normalized spacial score (nSPS) is 20.2. The van der Waals surface area contributed by atoms with Gasteiger partial charge in [-0.05, 0) is 50.4 Å². The molecule has 2 aliphatic carbocycles. The number of fused-ring (bicyclic) bond motifs is 1. The third-order valence-corrected chi connectivity index (χ3v) is 6.65. The molecule has 0 spiro atoms. The topological polar surface area (TPSA) is 121 Å². The molecule has 0 saturated heterocycles. The summed E-state index contributed by atoms with van der Waals surface area (Å²) >= 11 is 0. The third-order valence-electron chi connectivity index (χ3n) is 6.65. The summed E-state index contributed by atoms with van der Waals surface area (Å²) < 4.78 is 27.0. The quantitative estimate of drug-likeness (QED) is 0.160. The highest BCUT2D eigenvalue weighted by Gasteiger charge is 2.49. The number of hydrogen-bond acceptors (Lipinski definition) is 9. The zero-order chi connectivity index (χ0) is 26.3.